The molecule has 0 bridgehead atoms. The topological polar surface area (TPSA) is 24.1 Å². The minimum atomic E-state index is 0.519. The van der Waals surface area contributed by atoms with Crippen LogP contribution in [0.25, 0.3) is 0 Å². The maximum absolute atomic E-state index is 3.80. The Bertz CT molecular complexity index is 216. The van der Waals surface area contributed by atoms with Gasteiger partial charge in [-0.25, -0.2) is 0 Å². The average molecular weight is 268 g/mol. The van der Waals surface area contributed by atoms with E-state index in [2.05, 4.69) is 45.3 Å². The van der Waals surface area contributed by atoms with Crippen molar-refractivity contribution in [2.24, 2.45) is 23.2 Å². The molecular formula is C17H36N2. The molecule has 2 heteroatoms. The van der Waals surface area contributed by atoms with Crippen LogP contribution in [-0.2, 0) is 0 Å². The fraction of sp³-hybridized carbons (Fsp3) is 1.00. The Morgan fingerprint density at radius 3 is 2.32 bits per heavy atom. The molecule has 1 heterocycles. The van der Waals surface area contributed by atoms with Gasteiger partial charge in [0.1, 0.15) is 0 Å². The van der Waals surface area contributed by atoms with Crippen LogP contribution in [0, 0.1) is 23.2 Å². The summed E-state index contributed by atoms with van der Waals surface area (Å²) in [5.41, 5.74) is 0.519. The maximum atomic E-state index is 3.80. The van der Waals surface area contributed by atoms with Gasteiger partial charge in [0.15, 0.2) is 0 Å². The van der Waals surface area contributed by atoms with Crippen molar-refractivity contribution in [1.29, 1.82) is 0 Å². The van der Waals surface area contributed by atoms with Crippen LogP contribution < -0.4 is 10.6 Å². The molecule has 0 aromatic carbocycles. The monoisotopic (exact) mass is 268 g/mol. The van der Waals surface area contributed by atoms with Crippen LogP contribution in [0.4, 0.5) is 0 Å². The zero-order valence-electron chi connectivity index (χ0n) is 13.9. The fourth-order valence-corrected chi connectivity index (χ4v) is 3.76. The minimum Gasteiger partial charge on any atom is -0.316 e. The first-order chi connectivity index (χ1) is 9.01. The summed E-state index contributed by atoms with van der Waals surface area (Å²) in [4.78, 5) is 0. The first-order valence-electron chi connectivity index (χ1n) is 8.42. The highest BCUT2D eigenvalue weighted by Crippen LogP contribution is 2.31. The molecule has 0 radical (unpaired) electrons. The molecule has 114 valence electrons. The van der Waals surface area contributed by atoms with E-state index in [4.69, 9.17) is 0 Å². The normalized spacial score (nSPS) is 24.6. The Kier molecular flexibility index (Phi) is 7.38. The van der Waals surface area contributed by atoms with Crippen molar-refractivity contribution in [1.82, 2.24) is 10.6 Å². The molecule has 1 unspecified atom stereocenters. The van der Waals surface area contributed by atoms with Gasteiger partial charge in [-0.3, -0.25) is 0 Å². The Balaban J connectivity index is 2.43. The van der Waals surface area contributed by atoms with E-state index in [1.54, 1.807) is 0 Å². The molecule has 1 saturated heterocycles. The van der Waals surface area contributed by atoms with Gasteiger partial charge in [-0.2, -0.15) is 0 Å². The van der Waals surface area contributed by atoms with Gasteiger partial charge in [-0.15, -0.1) is 0 Å². The molecule has 0 spiro atoms. The number of piperidine rings is 1. The highest BCUT2D eigenvalue weighted by molar-refractivity contribution is 4.87. The van der Waals surface area contributed by atoms with E-state index >= 15 is 0 Å². The Hall–Kier alpha value is -0.0800. The zero-order chi connectivity index (χ0) is 14.3. The van der Waals surface area contributed by atoms with Crippen molar-refractivity contribution in [3.8, 4) is 0 Å². The third-order valence-corrected chi connectivity index (χ3v) is 4.93. The van der Waals surface area contributed by atoms with Gasteiger partial charge in [0.25, 0.3) is 0 Å². The smallest absolute Gasteiger partial charge is 0.00201 e. The Morgan fingerprint density at radius 1 is 1.16 bits per heavy atom. The van der Waals surface area contributed by atoms with E-state index in [1.807, 2.05) is 0 Å². The van der Waals surface area contributed by atoms with Crippen LogP contribution in [0.15, 0.2) is 0 Å². The fourth-order valence-electron chi connectivity index (χ4n) is 3.76. The first kappa shape index (κ1) is 17.0. The van der Waals surface area contributed by atoms with Crippen molar-refractivity contribution in [2.45, 2.75) is 60.3 Å². The lowest BCUT2D eigenvalue weighted by molar-refractivity contribution is 0.172. The second-order valence-corrected chi connectivity index (χ2v) is 7.31. The highest BCUT2D eigenvalue weighted by atomic mass is 14.9. The molecule has 1 fully saturated rings. The molecule has 19 heavy (non-hydrogen) atoms. The van der Waals surface area contributed by atoms with E-state index in [1.165, 1.54) is 51.9 Å². The van der Waals surface area contributed by atoms with E-state index in [9.17, 15) is 0 Å². The summed E-state index contributed by atoms with van der Waals surface area (Å²) >= 11 is 0. The second-order valence-electron chi connectivity index (χ2n) is 7.31. The lowest BCUT2D eigenvalue weighted by atomic mass is 9.76. The largest absolute Gasteiger partial charge is 0.316 e. The molecule has 0 saturated carbocycles. The van der Waals surface area contributed by atoms with E-state index < -0.39 is 0 Å². The number of rotatable bonds is 8. The molecule has 1 aliphatic rings. The lowest BCUT2D eigenvalue weighted by Crippen LogP contribution is -2.47. The maximum Gasteiger partial charge on any atom is 0.00201 e. The molecule has 0 amide bonds. The Labute approximate surface area is 121 Å². The number of nitrogens with one attached hydrogen (secondary N) is 2. The van der Waals surface area contributed by atoms with Crippen LogP contribution in [0.1, 0.15) is 60.3 Å². The van der Waals surface area contributed by atoms with Crippen LogP contribution in [0.5, 0.6) is 0 Å². The van der Waals surface area contributed by atoms with Gasteiger partial charge in [0.05, 0.1) is 0 Å². The van der Waals surface area contributed by atoms with Gasteiger partial charge in [-0.05, 0) is 55.5 Å². The zero-order valence-corrected chi connectivity index (χ0v) is 13.9. The van der Waals surface area contributed by atoms with Gasteiger partial charge in [0.2, 0.25) is 0 Å². The molecule has 2 nitrogen and oxygen atoms in total. The van der Waals surface area contributed by atoms with Crippen molar-refractivity contribution in [3.05, 3.63) is 0 Å². The quantitative estimate of drug-likeness (QED) is 0.702. The molecule has 0 aromatic heterocycles. The Morgan fingerprint density at radius 2 is 1.84 bits per heavy atom. The first-order valence-corrected chi connectivity index (χ1v) is 8.42. The molecule has 0 aliphatic carbocycles. The summed E-state index contributed by atoms with van der Waals surface area (Å²) in [7, 11) is 0. The summed E-state index contributed by atoms with van der Waals surface area (Å²) in [6.07, 6.45) is 5.41. The predicted octanol–water partition coefficient (Wildman–Crippen LogP) is 3.67. The van der Waals surface area contributed by atoms with E-state index in [0.717, 1.165) is 17.8 Å². The van der Waals surface area contributed by atoms with Gasteiger partial charge >= 0.3 is 0 Å². The molecule has 1 rings (SSSR count). The third kappa shape index (κ3) is 5.43. The molecule has 2 N–H and O–H groups in total. The van der Waals surface area contributed by atoms with E-state index in [0.29, 0.717) is 5.41 Å². The number of hydrogen-bond acceptors (Lipinski definition) is 2. The van der Waals surface area contributed by atoms with Crippen LogP contribution in [0.2, 0.25) is 0 Å². The molecule has 0 aromatic rings. The van der Waals surface area contributed by atoms with Crippen molar-refractivity contribution in [3.63, 3.8) is 0 Å². The van der Waals surface area contributed by atoms with Crippen molar-refractivity contribution in [2.75, 3.05) is 26.2 Å². The lowest BCUT2D eigenvalue weighted by Gasteiger charge is -2.39. The van der Waals surface area contributed by atoms with Crippen LogP contribution in [0.3, 0.4) is 0 Å². The number of hydrogen-bond donors (Lipinski definition) is 2. The van der Waals surface area contributed by atoms with Gasteiger partial charge < -0.3 is 10.6 Å². The summed E-state index contributed by atoms with van der Waals surface area (Å²) in [6, 6.07) is 0. The molecule has 1 aliphatic heterocycles. The SMILES string of the molecule is CCCC1(CNCC(C(C)C)C(C)C)CCCNC1. The highest BCUT2D eigenvalue weighted by Gasteiger charge is 2.31. The molecule has 1 atom stereocenters. The minimum absolute atomic E-state index is 0.519. The summed E-state index contributed by atoms with van der Waals surface area (Å²) in [5, 5.41) is 7.41. The summed E-state index contributed by atoms with van der Waals surface area (Å²) in [5.74, 6) is 2.36. The summed E-state index contributed by atoms with van der Waals surface area (Å²) in [6.45, 7) is 16.6. The third-order valence-electron chi connectivity index (χ3n) is 4.93. The molecular weight excluding hydrogens is 232 g/mol. The predicted molar refractivity (Wildman–Crippen MR) is 85.5 cm³/mol. The van der Waals surface area contributed by atoms with Crippen molar-refractivity contribution < 1.29 is 0 Å². The van der Waals surface area contributed by atoms with Crippen LogP contribution in [-0.4, -0.2) is 26.2 Å². The van der Waals surface area contributed by atoms with Crippen molar-refractivity contribution >= 4 is 0 Å². The standard InChI is InChI=1S/C17H36N2/c1-6-8-17(9-7-10-18-12-17)13-19-11-16(14(2)3)15(4)5/h14-16,18-19H,6-13H2,1-5H3. The van der Waals surface area contributed by atoms with E-state index in [-0.39, 0.29) is 0 Å². The summed E-state index contributed by atoms with van der Waals surface area (Å²) < 4.78 is 0. The average Bonchev–Trinajstić information content (AvgIpc) is 2.35. The van der Waals surface area contributed by atoms with Gasteiger partial charge in [-0.1, -0.05) is 41.0 Å². The van der Waals surface area contributed by atoms with Crippen LogP contribution >= 0.6 is 0 Å². The second kappa shape index (κ2) is 8.26. The van der Waals surface area contributed by atoms with Gasteiger partial charge in [0, 0.05) is 13.1 Å².